The molecule has 2 aromatic rings. The van der Waals surface area contributed by atoms with Crippen LogP contribution in [0.25, 0.3) is 0 Å². The zero-order valence-corrected chi connectivity index (χ0v) is 17.2. The maximum Gasteiger partial charge on any atom is 0.185 e. The SMILES string of the molecule is C=C/C=N\c1cc(C(C)N2CCN(c3nc4c(s3)CNCC4)CC2)ccc1N. The van der Waals surface area contributed by atoms with Gasteiger partial charge in [0.05, 0.1) is 17.1 Å². The molecule has 1 aromatic carbocycles. The lowest BCUT2D eigenvalue weighted by atomic mass is 10.0. The standard InChI is InChI=1S/C21H28N6S/c1-3-7-24-19-13-16(4-5-17(19)22)15(2)26-9-11-27(12-10-26)21-25-18-6-8-23-14-20(18)28-21/h3-5,7,13,15,23H,1,6,8-12,14,22H2,2H3/b24-7-. The Bertz CT molecular complexity index is 842. The van der Waals surface area contributed by atoms with Crippen LogP contribution in [-0.4, -0.2) is 48.8 Å². The molecule has 148 valence electrons. The highest BCUT2D eigenvalue weighted by atomic mass is 32.1. The number of benzene rings is 1. The fourth-order valence-corrected chi connectivity index (χ4v) is 4.95. The van der Waals surface area contributed by atoms with Crippen LogP contribution in [0.2, 0.25) is 0 Å². The molecule has 6 nitrogen and oxygen atoms in total. The molecule has 0 radical (unpaired) electrons. The van der Waals surface area contributed by atoms with Gasteiger partial charge in [-0.05, 0) is 24.6 Å². The predicted molar refractivity (Wildman–Crippen MR) is 119 cm³/mol. The smallest absolute Gasteiger partial charge is 0.185 e. The van der Waals surface area contributed by atoms with Crippen molar-refractivity contribution in [2.75, 3.05) is 43.4 Å². The highest BCUT2D eigenvalue weighted by molar-refractivity contribution is 7.15. The third-order valence-electron chi connectivity index (χ3n) is 5.58. The van der Waals surface area contributed by atoms with Crippen molar-refractivity contribution < 1.29 is 0 Å². The van der Waals surface area contributed by atoms with Crippen LogP contribution in [0, 0.1) is 0 Å². The van der Waals surface area contributed by atoms with E-state index in [0.29, 0.717) is 11.7 Å². The first-order chi connectivity index (χ1) is 13.7. The maximum absolute atomic E-state index is 6.05. The van der Waals surface area contributed by atoms with Crippen LogP contribution in [0.1, 0.15) is 29.1 Å². The van der Waals surface area contributed by atoms with Crippen molar-refractivity contribution in [2.45, 2.75) is 25.9 Å². The van der Waals surface area contributed by atoms with E-state index in [0.717, 1.165) is 51.4 Å². The highest BCUT2D eigenvalue weighted by Crippen LogP contribution is 2.32. The summed E-state index contributed by atoms with van der Waals surface area (Å²) < 4.78 is 0. The van der Waals surface area contributed by atoms with Crippen LogP contribution < -0.4 is 16.0 Å². The van der Waals surface area contributed by atoms with E-state index in [2.05, 4.69) is 45.7 Å². The highest BCUT2D eigenvalue weighted by Gasteiger charge is 2.25. The Morgan fingerprint density at radius 2 is 2.14 bits per heavy atom. The van der Waals surface area contributed by atoms with Gasteiger partial charge in [0.1, 0.15) is 0 Å². The molecule has 1 saturated heterocycles. The van der Waals surface area contributed by atoms with Gasteiger partial charge in [-0.1, -0.05) is 18.7 Å². The Morgan fingerprint density at radius 3 is 2.89 bits per heavy atom. The molecule has 0 spiro atoms. The van der Waals surface area contributed by atoms with Gasteiger partial charge in [0.15, 0.2) is 5.13 Å². The number of fused-ring (bicyclic) bond motifs is 1. The summed E-state index contributed by atoms with van der Waals surface area (Å²) in [6, 6.07) is 6.48. The average Bonchev–Trinajstić information content (AvgIpc) is 3.17. The number of aromatic nitrogens is 1. The molecule has 3 N–H and O–H groups in total. The van der Waals surface area contributed by atoms with E-state index < -0.39 is 0 Å². The second-order valence-corrected chi connectivity index (χ2v) is 8.39. The van der Waals surface area contributed by atoms with Gasteiger partial charge in [-0.25, -0.2) is 4.98 Å². The van der Waals surface area contributed by atoms with Crippen molar-refractivity contribution in [3.8, 4) is 0 Å². The summed E-state index contributed by atoms with van der Waals surface area (Å²) in [5.41, 5.74) is 10.1. The van der Waals surface area contributed by atoms with E-state index in [1.807, 2.05) is 17.4 Å². The van der Waals surface area contributed by atoms with E-state index in [1.165, 1.54) is 21.3 Å². The van der Waals surface area contributed by atoms with Gasteiger partial charge in [0, 0.05) is 62.8 Å². The molecular weight excluding hydrogens is 368 g/mol. The Balaban J connectivity index is 1.41. The molecule has 1 atom stereocenters. The van der Waals surface area contributed by atoms with Crippen LogP contribution in [0.3, 0.4) is 0 Å². The van der Waals surface area contributed by atoms with Gasteiger partial charge in [0.25, 0.3) is 0 Å². The van der Waals surface area contributed by atoms with Crippen LogP contribution in [0.4, 0.5) is 16.5 Å². The monoisotopic (exact) mass is 396 g/mol. The third kappa shape index (κ3) is 3.97. The molecule has 0 bridgehead atoms. The Hall–Kier alpha value is -2.22. The molecule has 1 unspecified atom stereocenters. The maximum atomic E-state index is 6.05. The fourth-order valence-electron chi connectivity index (χ4n) is 3.82. The second kappa shape index (κ2) is 8.43. The average molecular weight is 397 g/mol. The Labute approximate surface area is 170 Å². The van der Waals surface area contributed by atoms with Crippen molar-refractivity contribution in [1.82, 2.24) is 15.2 Å². The molecule has 0 aliphatic carbocycles. The third-order valence-corrected chi connectivity index (χ3v) is 6.74. The summed E-state index contributed by atoms with van der Waals surface area (Å²) in [7, 11) is 0. The zero-order chi connectivity index (χ0) is 19.5. The normalized spacial score (nSPS) is 19.0. The quantitative estimate of drug-likeness (QED) is 0.600. The summed E-state index contributed by atoms with van der Waals surface area (Å²) in [6.07, 6.45) is 4.40. The summed E-state index contributed by atoms with van der Waals surface area (Å²) >= 11 is 1.85. The molecule has 4 rings (SSSR count). The van der Waals surface area contributed by atoms with Gasteiger partial charge < -0.3 is 16.0 Å². The summed E-state index contributed by atoms with van der Waals surface area (Å²) in [6.45, 7) is 12.0. The second-order valence-electron chi connectivity index (χ2n) is 7.32. The number of anilines is 2. The van der Waals surface area contributed by atoms with Crippen molar-refractivity contribution in [3.05, 3.63) is 47.0 Å². The Morgan fingerprint density at radius 1 is 1.32 bits per heavy atom. The molecule has 0 amide bonds. The molecule has 1 fully saturated rings. The lowest BCUT2D eigenvalue weighted by Gasteiger charge is -2.38. The van der Waals surface area contributed by atoms with Crippen LogP contribution in [0.5, 0.6) is 0 Å². The summed E-state index contributed by atoms with van der Waals surface area (Å²) in [4.78, 5) is 15.7. The van der Waals surface area contributed by atoms with E-state index in [9.17, 15) is 0 Å². The van der Waals surface area contributed by atoms with Crippen molar-refractivity contribution in [1.29, 1.82) is 0 Å². The molecule has 1 aromatic heterocycles. The molecule has 7 heteroatoms. The van der Waals surface area contributed by atoms with Gasteiger partial charge in [-0.2, -0.15) is 0 Å². The largest absolute Gasteiger partial charge is 0.397 e. The number of nitrogens with two attached hydrogens (primary N) is 1. The molecule has 0 saturated carbocycles. The van der Waals surface area contributed by atoms with Crippen LogP contribution in [-0.2, 0) is 13.0 Å². The lowest BCUT2D eigenvalue weighted by molar-refractivity contribution is 0.198. The Kier molecular flexibility index (Phi) is 5.75. The number of rotatable bonds is 5. The first-order valence-electron chi connectivity index (χ1n) is 9.88. The number of hydrogen-bond donors (Lipinski definition) is 2. The number of nitrogens with one attached hydrogen (secondary N) is 1. The minimum absolute atomic E-state index is 0.328. The summed E-state index contributed by atoms with van der Waals surface area (Å²) in [5.74, 6) is 0. The van der Waals surface area contributed by atoms with Gasteiger partial charge in [0.2, 0.25) is 0 Å². The minimum atomic E-state index is 0.328. The topological polar surface area (TPSA) is 69.8 Å². The van der Waals surface area contributed by atoms with E-state index in [4.69, 9.17) is 10.7 Å². The van der Waals surface area contributed by atoms with Crippen molar-refractivity contribution >= 4 is 34.1 Å². The minimum Gasteiger partial charge on any atom is -0.397 e. The number of thiazole rings is 1. The molecule has 28 heavy (non-hydrogen) atoms. The number of hydrogen-bond acceptors (Lipinski definition) is 7. The molecule has 3 heterocycles. The number of aliphatic imine (C=N–C) groups is 1. The van der Waals surface area contributed by atoms with Crippen molar-refractivity contribution in [3.63, 3.8) is 0 Å². The number of piperazine rings is 1. The van der Waals surface area contributed by atoms with Gasteiger partial charge >= 0.3 is 0 Å². The molecule has 2 aliphatic heterocycles. The summed E-state index contributed by atoms with van der Waals surface area (Å²) in [5, 5.41) is 4.63. The molecule has 2 aliphatic rings. The first-order valence-corrected chi connectivity index (χ1v) is 10.7. The zero-order valence-electron chi connectivity index (χ0n) is 16.4. The van der Waals surface area contributed by atoms with Crippen LogP contribution >= 0.6 is 11.3 Å². The van der Waals surface area contributed by atoms with Crippen molar-refractivity contribution in [2.24, 2.45) is 4.99 Å². The number of nitrogens with zero attached hydrogens (tertiary/aromatic N) is 4. The van der Waals surface area contributed by atoms with Gasteiger partial charge in [-0.15, -0.1) is 11.3 Å². The fraction of sp³-hybridized carbons (Fsp3) is 0.429. The number of allylic oxidation sites excluding steroid dienone is 1. The van der Waals surface area contributed by atoms with Gasteiger partial charge in [-0.3, -0.25) is 9.89 Å². The predicted octanol–water partition coefficient (Wildman–Crippen LogP) is 3.14. The number of nitrogen functional groups attached to an aromatic ring is 1. The lowest BCUT2D eigenvalue weighted by Crippen LogP contribution is -2.47. The van der Waals surface area contributed by atoms with E-state index in [1.54, 1.807) is 12.3 Å². The van der Waals surface area contributed by atoms with Crippen LogP contribution in [0.15, 0.2) is 35.8 Å². The molecular formula is C21H28N6S. The first kappa shape index (κ1) is 19.1. The van der Waals surface area contributed by atoms with E-state index in [-0.39, 0.29) is 0 Å². The van der Waals surface area contributed by atoms with E-state index >= 15 is 0 Å².